The second-order valence-electron chi connectivity index (χ2n) is 7.80. The summed E-state index contributed by atoms with van der Waals surface area (Å²) in [6, 6.07) is 10.8. The number of nitrogens with one attached hydrogen (secondary N) is 1. The summed E-state index contributed by atoms with van der Waals surface area (Å²) in [6.07, 6.45) is 3.11. The number of thiophene rings is 1. The van der Waals surface area contributed by atoms with E-state index in [9.17, 15) is 0 Å². The van der Waals surface area contributed by atoms with Crippen LogP contribution in [0.15, 0.2) is 42.0 Å². The van der Waals surface area contributed by atoms with Gasteiger partial charge in [-0.05, 0) is 64.2 Å². The maximum Gasteiger partial charge on any atom is 0.125 e. The zero-order valence-electron chi connectivity index (χ0n) is 15.7. The summed E-state index contributed by atoms with van der Waals surface area (Å²) in [7, 11) is 2.23. The van der Waals surface area contributed by atoms with Crippen molar-refractivity contribution in [1.82, 2.24) is 14.9 Å². The van der Waals surface area contributed by atoms with Gasteiger partial charge in [0.15, 0.2) is 0 Å². The quantitative estimate of drug-likeness (QED) is 0.473. The minimum atomic E-state index is 0.185. The molecule has 6 heteroatoms. The summed E-state index contributed by atoms with van der Waals surface area (Å²) in [4.78, 5) is 14.1. The highest BCUT2D eigenvalue weighted by Gasteiger charge is 2.40. The van der Waals surface area contributed by atoms with Gasteiger partial charge in [0.1, 0.15) is 4.83 Å². The Labute approximate surface area is 166 Å². The first-order chi connectivity index (χ1) is 13.0. The number of fused-ring (bicyclic) bond motifs is 2. The fourth-order valence-corrected chi connectivity index (χ4v) is 6.05. The van der Waals surface area contributed by atoms with Gasteiger partial charge >= 0.3 is 0 Å². The van der Waals surface area contributed by atoms with E-state index >= 15 is 0 Å². The van der Waals surface area contributed by atoms with Crippen molar-refractivity contribution < 1.29 is 0 Å². The molecule has 0 aliphatic carbocycles. The zero-order chi connectivity index (χ0) is 18.6. The number of aromatic nitrogens is 2. The highest BCUT2D eigenvalue weighted by Crippen LogP contribution is 2.45. The lowest BCUT2D eigenvalue weighted by Crippen LogP contribution is -2.38. The molecule has 1 N–H and O–H groups in total. The first-order valence-corrected chi connectivity index (χ1v) is 10.9. The van der Waals surface area contributed by atoms with Gasteiger partial charge in [-0.2, -0.15) is 0 Å². The SMILES string of the molecule is CN1CC[C@H](c2cc3c(Nc4ccc5scnc5c4)ccnc3s2)C1(C)C. The molecule has 138 valence electrons. The number of hydrogen-bond acceptors (Lipinski definition) is 6. The van der Waals surface area contributed by atoms with Crippen molar-refractivity contribution in [2.45, 2.75) is 31.7 Å². The molecule has 4 heterocycles. The number of likely N-dealkylation sites (tertiary alicyclic amines) is 1. The maximum atomic E-state index is 4.64. The van der Waals surface area contributed by atoms with Gasteiger partial charge in [-0.25, -0.2) is 9.97 Å². The van der Waals surface area contributed by atoms with E-state index in [2.05, 4.69) is 71.4 Å². The van der Waals surface area contributed by atoms with E-state index in [1.807, 2.05) is 23.0 Å². The number of nitrogens with zero attached hydrogens (tertiary/aromatic N) is 3. The second-order valence-corrected chi connectivity index (χ2v) is 9.75. The smallest absolute Gasteiger partial charge is 0.125 e. The molecule has 0 saturated carbocycles. The van der Waals surface area contributed by atoms with Crippen molar-refractivity contribution in [3.63, 3.8) is 0 Å². The third-order valence-electron chi connectivity index (χ3n) is 6.00. The molecule has 27 heavy (non-hydrogen) atoms. The van der Waals surface area contributed by atoms with Gasteiger partial charge in [0, 0.05) is 33.6 Å². The van der Waals surface area contributed by atoms with E-state index in [1.54, 1.807) is 11.3 Å². The van der Waals surface area contributed by atoms with Crippen molar-refractivity contribution in [3.05, 3.63) is 46.9 Å². The Balaban J connectivity index is 1.52. The second kappa shape index (κ2) is 6.26. The lowest BCUT2D eigenvalue weighted by atomic mass is 9.87. The Kier molecular flexibility index (Phi) is 3.96. The maximum absolute atomic E-state index is 4.64. The summed E-state index contributed by atoms with van der Waals surface area (Å²) < 4.78 is 1.21. The molecular weight excluding hydrogens is 372 g/mol. The summed E-state index contributed by atoms with van der Waals surface area (Å²) in [5.74, 6) is 0.556. The monoisotopic (exact) mass is 394 g/mol. The molecule has 5 rings (SSSR count). The molecule has 4 aromatic rings. The van der Waals surface area contributed by atoms with Crippen LogP contribution in [0.2, 0.25) is 0 Å². The van der Waals surface area contributed by atoms with E-state index in [0.717, 1.165) is 28.3 Å². The number of pyridine rings is 1. The number of hydrogen-bond donors (Lipinski definition) is 1. The molecule has 0 bridgehead atoms. The van der Waals surface area contributed by atoms with Crippen LogP contribution in [0.25, 0.3) is 20.4 Å². The molecule has 1 aromatic carbocycles. The van der Waals surface area contributed by atoms with Crippen LogP contribution in [0.5, 0.6) is 0 Å². The van der Waals surface area contributed by atoms with Crippen molar-refractivity contribution in [3.8, 4) is 0 Å². The van der Waals surface area contributed by atoms with Crippen LogP contribution in [0.3, 0.4) is 0 Å². The highest BCUT2D eigenvalue weighted by molar-refractivity contribution is 7.18. The third kappa shape index (κ3) is 2.83. The summed E-state index contributed by atoms with van der Waals surface area (Å²) in [5.41, 5.74) is 5.29. The fraction of sp³-hybridized carbons (Fsp3) is 0.333. The van der Waals surface area contributed by atoms with Crippen molar-refractivity contribution in [2.75, 3.05) is 18.9 Å². The minimum Gasteiger partial charge on any atom is -0.355 e. The van der Waals surface area contributed by atoms with Gasteiger partial charge in [-0.3, -0.25) is 0 Å². The molecule has 0 spiro atoms. The number of thiazole rings is 1. The number of anilines is 2. The topological polar surface area (TPSA) is 41.0 Å². The van der Waals surface area contributed by atoms with Crippen LogP contribution >= 0.6 is 22.7 Å². The van der Waals surface area contributed by atoms with Crippen LogP contribution < -0.4 is 5.32 Å². The molecule has 1 saturated heterocycles. The van der Waals surface area contributed by atoms with Crippen LogP contribution in [0.4, 0.5) is 11.4 Å². The van der Waals surface area contributed by atoms with Gasteiger partial charge in [0.25, 0.3) is 0 Å². The normalized spacial score (nSPS) is 19.9. The number of benzene rings is 1. The fourth-order valence-electron chi connectivity index (χ4n) is 4.05. The third-order valence-corrected chi connectivity index (χ3v) is 7.96. The minimum absolute atomic E-state index is 0.185. The Morgan fingerprint density at radius 2 is 2.07 bits per heavy atom. The molecule has 4 nitrogen and oxygen atoms in total. The van der Waals surface area contributed by atoms with Gasteiger partial charge in [0.05, 0.1) is 21.4 Å². The molecule has 0 amide bonds. The standard InChI is InChI=1S/C21H22N4S2/c1-21(2)15(7-9-25(21)3)19-11-14-16(6-8-22-20(14)27-19)24-13-4-5-18-17(10-13)23-12-26-18/h4-6,8,10-12,15H,7,9H2,1-3H3,(H,22,24)/t15-/m1/s1. The van der Waals surface area contributed by atoms with Gasteiger partial charge < -0.3 is 10.2 Å². The Hall–Kier alpha value is -2.02. The largest absolute Gasteiger partial charge is 0.355 e. The highest BCUT2D eigenvalue weighted by atomic mass is 32.1. The van der Waals surface area contributed by atoms with Crippen LogP contribution in [0.1, 0.15) is 31.1 Å². The predicted octanol–water partition coefficient (Wildman–Crippen LogP) is 5.85. The van der Waals surface area contributed by atoms with Crippen molar-refractivity contribution in [1.29, 1.82) is 0 Å². The average Bonchev–Trinajstić information content (AvgIpc) is 3.33. The van der Waals surface area contributed by atoms with Gasteiger partial charge in [-0.1, -0.05) is 0 Å². The molecule has 1 atom stereocenters. The van der Waals surface area contributed by atoms with Gasteiger partial charge in [-0.15, -0.1) is 22.7 Å². The Morgan fingerprint density at radius 1 is 1.19 bits per heavy atom. The summed E-state index contributed by atoms with van der Waals surface area (Å²) >= 11 is 3.51. The number of rotatable bonds is 3. The Morgan fingerprint density at radius 3 is 2.89 bits per heavy atom. The Bertz CT molecular complexity index is 1130. The van der Waals surface area contributed by atoms with E-state index in [-0.39, 0.29) is 5.54 Å². The van der Waals surface area contributed by atoms with Crippen LogP contribution in [-0.4, -0.2) is 34.0 Å². The lowest BCUT2D eigenvalue weighted by molar-refractivity contribution is 0.203. The predicted molar refractivity (Wildman–Crippen MR) is 117 cm³/mol. The average molecular weight is 395 g/mol. The van der Waals surface area contributed by atoms with E-state index in [0.29, 0.717) is 5.92 Å². The van der Waals surface area contributed by atoms with E-state index in [4.69, 9.17) is 0 Å². The summed E-state index contributed by atoms with van der Waals surface area (Å²) in [6.45, 7) is 5.85. The lowest BCUT2D eigenvalue weighted by Gasteiger charge is -2.32. The zero-order valence-corrected chi connectivity index (χ0v) is 17.3. The number of likely N-dealkylation sites (N-methyl/N-ethyl adjacent to an activating group) is 1. The van der Waals surface area contributed by atoms with E-state index < -0.39 is 0 Å². The molecule has 0 radical (unpaired) electrons. The first-order valence-electron chi connectivity index (χ1n) is 9.22. The first kappa shape index (κ1) is 17.1. The molecular formula is C21H22N4S2. The van der Waals surface area contributed by atoms with Crippen LogP contribution in [-0.2, 0) is 0 Å². The van der Waals surface area contributed by atoms with Gasteiger partial charge in [0.2, 0.25) is 0 Å². The van der Waals surface area contributed by atoms with Crippen LogP contribution in [0, 0.1) is 0 Å². The molecule has 1 aliphatic heterocycles. The molecule has 0 unspecified atom stereocenters. The van der Waals surface area contributed by atoms with Crippen molar-refractivity contribution in [2.24, 2.45) is 0 Å². The molecule has 1 fully saturated rings. The van der Waals surface area contributed by atoms with E-state index in [1.165, 1.54) is 21.4 Å². The van der Waals surface area contributed by atoms with Crippen molar-refractivity contribution >= 4 is 54.5 Å². The summed E-state index contributed by atoms with van der Waals surface area (Å²) in [5, 5.41) is 4.79. The molecule has 1 aliphatic rings. The molecule has 3 aromatic heterocycles.